The van der Waals surface area contributed by atoms with Crippen LogP contribution in [0.25, 0.3) is 0 Å². The van der Waals surface area contributed by atoms with Crippen LogP contribution >= 0.6 is 11.6 Å². The number of halogens is 1. The first kappa shape index (κ1) is 13.8. The predicted octanol–water partition coefficient (Wildman–Crippen LogP) is 5.13. The lowest BCUT2D eigenvalue weighted by atomic mass is 9.71. The third kappa shape index (κ3) is 2.79. The Morgan fingerprint density at radius 1 is 1.15 bits per heavy atom. The van der Waals surface area contributed by atoms with Crippen molar-refractivity contribution in [1.82, 2.24) is 0 Å². The Labute approximate surface area is 126 Å². The number of nitriles is 1. The van der Waals surface area contributed by atoms with Gasteiger partial charge in [-0.1, -0.05) is 24.4 Å². The molecule has 20 heavy (non-hydrogen) atoms. The summed E-state index contributed by atoms with van der Waals surface area (Å²) in [6.45, 7) is 0. The minimum Gasteiger partial charge on any atom is -0.382 e. The first-order valence-corrected chi connectivity index (χ1v) is 8.05. The lowest BCUT2D eigenvalue weighted by Crippen LogP contribution is -2.31. The average molecular weight is 289 g/mol. The van der Waals surface area contributed by atoms with Gasteiger partial charge in [0.1, 0.15) is 6.07 Å². The monoisotopic (exact) mass is 288 g/mol. The van der Waals surface area contributed by atoms with Crippen LogP contribution in [-0.2, 0) is 0 Å². The van der Waals surface area contributed by atoms with E-state index in [1.807, 2.05) is 18.2 Å². The van der Waals surface area contributed by atoms with Crippen LogP contribution in [0.1, 0.15) is 56.9 Å². The van der Waals surface area contributed by atoms with E-state index in [0.29, 0.717) is 22.0 Å². The second-order valence-electron chi connectivity index (χ2n) is 6.43. The molecule has 3 heteroatoms. The largest absolute Gasteiger partial charge is 0.382 e. The van der Waals surface area contributed by atoms with Gasteiger partial charge >= 0.3 is 0 Å². The molecule has 2 aliphatic rings. The molecule has 2 saturated carbocycles. The maximum atomic E-state index is 9.03. The zero-order chi connectivity index (χ0) is 14.0. The number of anilines is 1. The molecule has 3 rings (SSSR count). The van der Waals surface area contributed by atoms with Crippen LogP contribution in [0.3, 0.4) is 0 Å². The Morgan fingerprint density at radius 2 is 1.85 bits per heavy atom. The van der Waals surface area contributed by atoms with Gasteiger partial charge in [0.25, 0.3) is 0 Å². The van der Waals surface area contributed by atoms with E-state index >= 15 is 0 Å². The van der Waals surface area contributed by atoms with E-state index in [0.717, 1.165) is 5.69 Å². The maximum Gasteiger partial charge on any atom is 0.101 e. The molecule has 1 aromatic rings. The summed E-state index contributed by atoms with van der Waals surface area (Å²) in [5.41, 5.74) is 2.26. The number of rotatable bonds is 2. The minimum atomic E-state index is 0.534. The summed E-state index contributed by atoms with van der Waals surface area (Å²) in [6.07, 6.45) is 11.0. The van der Waals surface area contributed by atoms with Gasteiger partial charge in [-0.2, -0.15) is 5.26 Å². The van der Waals surface area contributed by atoms with Gasteiger partial charge in [-0.25, -0.2) is 0 Å². The minimum absolute atomic E-state index is 0.534. The lowest BCUT2D eigenvalue weighted by molar-refractivity contribution is 0.188. The van der Waals surface area contributed by atoms with Crippen molar-refractivity contribution in [2.24, 2.45) is 5.41 Å². The van der Waals surface area contributed by atoms with E-state index in [4.69, 9.17) is 16.9 Å². The predicted molar refractivity (Wildman–Crippen MR) is 82.9 cm³/mol. The highest BCUT2D eigenvalue weighted by molar-refractivity contribution is 6.31. The Balaban J connectivity index is 1.61. The van der Waals surface area contributed by atoms with Crippen molar-refractivity contribution in [2.75, 3.05) is 5.32 Å². The topological polar surface area (TPSA) is 35.8 Å². The molecule has 0 aromatic heterocycles. The fourth-order valence-electron chi connectivity index (χ4n) is 3.94. The summed E-state index contributed by atoms with van der Waals surface area (Å²) in [6, 6.07) is 8.34. The SMILES string of the molecule is N#Cc1cc(NC2CCC3(CCCC3)CC2)ccc1Cl. The smallest absolute Gasteiger partial charge is 0.101 e. The Kier molecular flexibility index (Phi) is 3.89. The van der Waals surface area contributed by atoms with Crippen LogP contribution in [0.4, 0.5) is 5.69 Å². The van der Waals surface area contributed by atoms with Crippen molar-refractivity contribution in [2.45, 2.75) is 57.4 Å². The van der Waals surface area contributed by atoms with Crippen LogP contribution in [0.2, 0.25) is 5.02 Å². The Morgan fingerprint density at radius 3 is 2.50 bits per heavy atom. The summed E-state index contributed by atoms with van der Waals surface area (Å²) in [7, 11) is 0. The van der Waals surface area contributed by atoms with Crippen molar-refractivity contribution >= 4 is 17.3 Å². The van der Waals surface area contributed by atoms with Crippen molar-refractivity contribution in [1.29, 1.82) is 5.26 Å². The van der Waals surface area contributed by atoms with Gasteiger partial charge in [0.05, 0.1) is 10.6 Å². The third-order valence-electron chi connectivity index (χ3n) is 5.17. The summed E-state index contributed by atoms with van der Waals surface area (Å²) in [4.78, 5) is 0. The normalized spacial score (nSPS) is 21.8. The summed E-state index contributed by atoms with van der Waals surface area (Å²) in [5, 5.41) is 13.1. The fourth-order valence-corrected chi connectivity index (χ4v) is 4.10. The van der Waals surface area contributed by atoms with E-state index < -0.39 is 0 Å². The molecule has 0 saturated heterocycles. The lowest BCUT2D eigenvalue weighted by Gasteiger charge is -2.37. The molecular weight excluding hydrogens is 268 g/mol. The van der Waals surface area contributed by atoms with E-state index in [9.17, 15) is 0 Å². The number of benzene rings is 1. The Hall–Kier alpha value is -1.20. The van der Waals surface area contributed by atoms with Crippen molar-refractivity contribution < 1.29 is 0 Å². The maximum absolute atomic E-state index is 9.03. The van der Waals surface area contributed by atoms with Gasteiger partial charge in [0.15, 0.2) is 0 Å². The van der Waals surface area contributed by atoms with Crippen LogP contribution in [0.15, 0.2) is 18.2 Å². The highest BCUT2D eigenvalue weighted by Gasteiger charge is 2.37. The number of hydrogen-bond donors (Lipinski definition) is 1. The molecule has 1 spiro atoms. The molecule has 0 heterocycles. The molecule has 0 atom stereocenters. The van der Waals surface area contributed by atoms with Gasteiger partial charge in [-0.15, -0.1) is 0 Å². The standard InChI is InChI=1S/C17H21ClN2/c18-16-4-3-15(11-13(16)12-19)20-14-5-9-17(10-6-14)7-1-2-8-17/h3-4,11,14,20H,1-2,5-10H2. The van der Waals surface area contributed by atoms with Gasteiger partial charge < -0.3 is 5.32 Å². The second kappa shape index (κ2) is 5.66. The van der Waals surface area contributed by atoms with E-state index in [1.54, 1.807) is 0 Å². The van der Waals surface area contributed by atoms with Gasteiger partial charge in [0, 0.05) is 11.7 Å². The molecule has 1 aromatic carbocycles. The molecule has 0 bridgehead atoms. The highest BCUT2D eigenvalue weighted by atomic mass is 35.5. The molecule has 0 radical (unpaired) electrons. The molecular formula is C17H21ClN2. The summed E-state index contributed by atoms with van der Waals surface area (Å²) >= 11 is 5.97. The van der Waals surface area contributed by atoms with E-state index in [2.05, 4.69) is 11.4 Å². The molecule has 2 fully saturated rings. The number of nitrogens with zero attached hydrogens (tertiary/aromatic N) is 1. The average Bonchev–Trinajstić information content (AvgIpc) is 2.92. The summed E-state index contributed by atoms with van der Waals surface area (Å²) < 4.78 is 0. The second-order valence-corrected chi connectivity index (χ2v) is 6.84. The number of nitrogens with one attached hydrogen (secondary N) is 1. The molecule has 0 aliphatic heterocycles. The van der Waals surface area contributed by atoms with Gasteiger partial charge in [-0.3, -0.25) is 0 Å². The molecule has 106 valence electrons. The zero-order valence-corrected chi connectivity index (χ0v) is 12.5. The van der Waals surface area contributed by atoms with E-state index in [-0.39, 0.29) is 0 Å². The molecule has 1 N–H and O–H groups in total. The van der Waals surface area contributed by atoms with Crippen LogP contribution in [0, 0.1) is 16.7 Å². The molecule has 0 unspecified atom stereocenters. The van der Waals surface area contributed by atoms with E-state index in [1.165, 1.54) is 51.4 Å². The molecule has 2 aliphatic carbocycles. The van der Waals surface area contributed by atoms with Crippen molar-refractivity contribution in [3.05, 3.63) is 28.8 Å². The van der Waals surface area contributed by atoms with Crippen molar-refractivity contribution in [3.63, 3.8) is 0 Å². The van der Waals surface area contributed by atoms with Crippen LogP contribution in [0.5, 0.6) is 0 Å². The molecule has 0 amide bonds. The first-order chi connectivity index (χ1) is 9.71. The van der Waals surface area contributed by atoms with Crippen molar-refractivity contribution in [3.8, 4) is 6.07 Å². The quantitative estimate of drug-likeness (QED) is 0.819. The van der Waals surface area contributed by atoms with Gasteiger partial charge in [-0.05, 0) is 62.1 Å². The first-order valence-electron chi connectivity index (χ1n) is 7.67. The Bertz CT molecular complexity index is 516. The number of hydrogen-bond acceptors (Lipinski definition) is 2. The van der Waals surface area contributed by atoms with Crippen LogP contribution in [-0.4, -0.2) is 6.04 Å². The third-order valence-corrected chi connectivity index (χ3v) is 5.50. The highest BCUT2D eigenvalue weighted by Crippen LogP contribution is 2.49. The fraction of sp³-hybridized carbons (Fsp3) is 0.588. The van der Waals surface area contributed by atoms with Gasteiger partial charge in [0.2, 0.25) is 0 Å². The molecule has 2 nitrogen and oxygen atoms in total. The zero-order valence-electron chi connectivity index (χ0n) is 11.8. The van der Waals surface area contributed by atoms with Crippen LogP contribution < -0.4 is 5.32 Å². The summed E-state index contributed by atoms with van der Waals surface area (Å²) in [5.74, 6) is 0.